The zero-order valence-corrected chi connectivity index (χ0v) is 55.3. The minimum Gasteiger partial charge on any atom is -0.0795 e. The first kappa shape index (κ1) is 103. The molecule has 8 aromatic carbocycles. The maximum atomic E-state index is 2.22. The zero-order chi connectivity index (χ0) is 60.9. The van der Waals surface area contributed by atoms with E-state index in [0.29, 0.717) is 0 Å². The van der Waals surface area contributed by atoms with E-state index >= 15 is 0 Å². The van der Waals surface area contributed by atoms with E-state index in [2.05, 4.69) is 191 Å². The molecule has 0 saturated carbocycles. The molecule has 0 aromatic heterocycles. The van der Waals surface area contributed by atoms with E-state index < -0.39 is 0 Å². The molecule has 0 radical (unpaired) electrons. The van der Waals surface area contributed by atoms with Crippen LogP contribution in [0.2, 0.25) is 0 Å². The van der Waals surface area contributed by atoms with E-state index in [1.807, 2.05) is 221 Å². The van der Waals surface area contributed by atoms with E-state index in [1.54, 1.807) is 0 Å². The van der Waals surface area contributed by atoms with Gasteiger partial charge in [-0.3, -0.25) is 0 Å². The SMILES string of the molecule is C.C.C.C.C1=Cc2ccccc2C1.CC.CC.CC.CC.CC.CC.CC.CC.CC.CC.CC.CC.Cc1ccccc1.Cc1ccccc1.Cc1ccccc1.c1ccc2c(c1)Cc1ccccc1-2.c1ccc2ccccc2c1. The maximum absolute atomic E-state index is 2.22. The molecule has 0 heterocycles. The number of hydrogen-bond donors (Lipinski definition) is 0. The van der Waals surface area contributed by atoms with Crippen LogP contribution in [0.1, 0.15) is 235 Å². The third-order valence-electron chi connectivity index (χ3n) is 8.88. The second-order valence-electron chi connectivity index (χ2n) is 13.1. The highest BCUT2D eigenvalue weighted by Crippen LogP contribution is 2.35. The molecule has 0 atom stereocenters. The van der Waals surface area contributed by atoms with Crippen molar-refractivity contribution in [2.24, 2.45) is 0 Å². The van der Waals surface area contributed by atoms with Crippen molar-refractivity contribution in [3.63, 3.8) is 0 Å². The molecule has 2 aliphatic carbocycles. The predicted molar refractivity (Wildman–Crippen MR) is 394 cm³/mol. The van der Waals surface area contributed by atoms with Crippen molar-refractivity contribution in [1.29, 1.82) is 0 Å². The van der Waals surface area contributed by atoms with Crippen molar-refractivity contribution in [3.05, 3.63) is 257 Å². The first-order valence-electron chi connectivity index (χ1n) is 30.5. The van der Waals surface area contributed by atoms with Crippen molar-refractivity contribution in [1.82, 2.24) is 0 Å². The van der Waals surface area contributed by atoms with Crippen molar-refractivity contribution in [3.8, 4) is 11.1 Å². The molecule has 0 N–H and O–H groups in total. The Morgan fingerprint density at radius 3 is 0.667 bits per heavy atom. The number of rotatable bonds is 0. The van der Waals surface area contributed by atoms with Gasteiger partial charge in [-0.15, -0.1) is 0 Å². The number of fused-ring (bicyclic) bond motifs is 5. The van der Waals surface area contributed by atoms with Crippen LogP contribution in [0.5, 0.6) is 0 Å². The lowest BCUT2D eigenvalue weighted by molar-refractivity contribution is 1.26. The molecule has 0 unspecified atom stereocenters. The molecule has 10 rings (SSSR count). The van der Waals surface area contributed by atoms with Gasteiger partial charge in [0, 0.05) is 0 Å². The van der Waals surface area contributed by atoms with Gasteiger partial charge in [-0.1, -0.05) is 437 Å². The van der Waals surface area contributed by atoms with Gasteiger partial charge in [0.25, 0.3) is 0 Å². The normalized spacial score (nSPS) is 7.89. The van der Waals surface area contributed by atoms with E-state index in [-0.39, 0.29) is 29.7 Å². The quantitative estimate of drug-likeness (QED) is 0.142. The number of aryl methyl sites for hydroxylation is 3. The highest BCUT2D eigenvalue weighted by molar-refractivity contribution is 5.82. The highest BCUT2D eigenvalue weighted by Gasteiger charge is 2.15. The molecule has 8 aromatic rings. The van der Waals surface area contributed by atoms with Gasteiger partial charge in [0.1, 0.15) is 0 Å². The summed E-state index contributed by atoms with van der Waals surface area (Å²) in [5.74, 6) is 0. The summed E-state index contributed by atoms with van der Waals surface area (Å²) in [5.41, 5.74) is 12.6. The molecule has 2 aliphatic rings. The second-order valence-corrected chi connectivity index (χ2v) is 13.1. The topological polar surface area (TPSA) is 0 Å². The fraction of sp³-hybridized carbons (Fsp3) is 0.407. The Morgan fingerprint density at radius 1 is 0.222 bits per heavy atom. The number of hydrogen-bond acceptors (Lipinski definition) is 0. The third-order valence-corrected chi connectivity index (χ3v) is 8.88. The van der Waals surface area contributed by atoms with Gasteiger partial charge in [0.2, 0.25) is 0 Å². The minimum absolute atomic E-state index is 0. The lowest BCUT2D eigenvalue weighted by Crippen LogP contribution is -1.77. The van der Waals surface area contributed by atoms with Crippen molar-refractivity contribution < 1.29 is 0 Å². The summed E-state index contributed by atoms with van der Waals surface area (Å²) in [7, 11) is 0. The fourth-order valence-corrected chi connectivity index (χ4v) is 6.01. The van der Waals surface area contributed by atoms with Crippen LogP contribution in [0.15, 0.2) is 218 Å². The summed E-state index contributed by atoms with van der Waals surface area (Å²) in [6.07, 6.45) is 6.60. The average molecular weight is 1110 g/mol. The summed E-state index contributed by atoms with van der Waals surface area (Å²) in [6.45, 7) is 54.3. The molecule has 0 bridgehead atoms. The fourth-order valence-electron chi connectivity index (χ4n) is 6.01. The van der Waals surface area contributed by atoms with Crippen molar-refractivity contribution in [2.75, 3.05) is 0 Å². The van der Waals surface area contributed by atoms with Crippen LogP contribution < -0.4 is 0 Å². The average Bonchev–Trinajstić information content (AvgIpc) is 4.20. The molecule has 462 valence electrons. The monoisotopic (exact) mass is 1110 g/mol. The predicted octanol–water partition coefficient (Wildman–Crippen LogP) is 29.2. The van der Waals surface area contributed by atoms with Gasteiger partial charge in [-0.25, -0.2) is 0 Å². The van der Waals surface area contributed by atoms with E-state index in [9.17, 15) is 0 Å². The molecular formula is C81H138. The lowest BCUT2D eigenvalue weighted by Gasteiger charge is -1.98. The molecule has 0 fully saturated rings. The Labute approximate surface area is 512 Å². The van der Waals surface area contributed by atoms with E-state index in [1.165, 1.54) is 60.8 Å². The van der Waals surface area contributed by atoms with Crippen molar-refractivity contribution >= 4 is 16.8 Å². The Bertz CT molecular complexity index is 2050. The lowest BCUT2D eigenvalue weighted by atomic mass is 10.1. The molecule has 0 heteroatoms. The Kier molecular flexibility index (Phi) is 115. The summed E-state index contributed by atoms with van der Waals surface area (Å²) in [4.78, 5) is 0. The second kappa shape index (κ2) is 90.3. The molecule has 81 heavy (non-hydrogen) atoms. The summed E-state index contributed by atoms with van der Waals surface area (Å²) in [6, 6.07) is 73.3. The van der Waals surface area contributed by atoms with Crippen LogP contribution >= 0.6 is 0 Å². The number of benzene rings is 8. The molecule has 0 saturated heterocycles. The largest absolute Gasteiger partial charge is 0.0795 e. The van der Waals surface area contributed by atoms with Crippen LogP contribution in [0.25, 0.3) is 28.0 Å². The minimum atomic E-state index is 0. The molecule has 0 spiro atoms. The van der Waals surface area contributed by atoms with Crippen LogP contribution in [-0.2, 0) is 12.8 Å². The molecule has 0 amide bonds. The maximum Gasteiger partial charge on any atom is -0.00135 e. The van der Waals surface area contributed by atoms with Gasteiger partial charge >= 0.3 is 0 Å². The van der Waals surface area contributed by atoms with Crippen molar-refractivity contribution in [2.45, 2.75) is 229 Å². The molecule has 0 nitrogen and oxygen atoms in total. The van der Waals surface area contributed by atoms with Gasteiger partial charge in [0.05, 0.1) is 0 Å². The molecule has 0 aliphatic heterocycles. The summed E-state index contributed by atoms with van der Waals surface area (Å²) >= 11 is 0. The highest BCUT2D eigenvalue weighted by atomic mass is 14.2. The van der Waals surface area contributed by atoms with Gasteiger partial charge in [0.15, 0.2) is 0 Å². The van der Waals surface area contributed by atoms with Crippen LogP contribution in [0, 0.1) is 20.8 Å². The van der Waals surface area contributed by atoms with Gasteiger partial charge < -0.3 is 0 Å². The van der Waals surface area contributed by atoms with Crippen LogP contribution in [-0.4, -0.2) is 0 Å². The Morgan fingerprint density at radius 2 is 0.432 bits per heavy atom. The van der Waals surface area contributed by atoms with Gasteiger partial charge in [-0.05, 0) is 77.8 Å². The third kappa shape index (κ3) is 55.5. The van der Waals surface area contributed by atoms with Crippen LogP contribution in [0.3, 0.4) is 0 Å². The summed E-state index contributed by atoms with van der Waals surface area (Å²) < 4.78 is 0. The first-order chi connectivity index (χ1) is 38.1. The molecular weight excluding hydrogens is 973 g/mol. The Balaban J connectivity index is -0.0000000656. The number of allylic oxidation sites excluding steroid dienone is 1. The van der Waals surface area contributed by atoms with Gasteiger partial charge in [-0.2, -0.15) is 0 Å². The van der Waals surface area contributed by atoms with E-state index in [0.717, 1.165) is 12.8 Å². The summed E-state index contributed by atoms with van der Waals surface area (Å²) in [5, 5.41) is 2.62. The zero-order valence-electron chi connectivity index (χ0n) is 55.3. The van der Waals surface area contributed by atoms with Crippen LogP contribution in [0.4, 0.5) is 0 Å². The first-order valence-corrected chi connectivity index (χ1v) is 30.5. The smallest absolute Gasteiger partial charge is 0.00135 e. The Hall–Kier alpha value is -6.24. The standard InChI is InChI=1S/C13H10.C10H8.C9H8.3C7H8.12C2H6.4CH4/c1-3-7-12-10(5-1)9-11-6-2-4-8-13(11)12;1-2-6-10-8-4-3-7-9(10)5-1;1-2-5-9-7-3-6-8(9)4-1;3*1-7-5-3-2-4-6-7;12*1-2;;;;/h1-8H,9H2;1-8H;1-6H,7H2;3*2-6H,1H3;12*1-2H3;4*1H4. The van der Waals surface area contributed by atoms with E-state index in [4.69, 9.17) is 0 Å².